The van der Waals surface area contributed by atoms with Gasteiger partial charge in [-0.15, -0.1) is 0 Å². The van der Waals surface area contributed by atoms with Gasteiger partial charge in [0.05, 0.1) is 13.7 Å². The number of halogens is 1. The van der Waals surface area contributed by atoms with Crippen LogP contribution in [-0.4, -0.2) is 66.4 Å². The van der Waals surface area contributed by atoms with Crippen LogP contribution in [0.2, 0.25) is 0 Å². The number of urea groups is 1. The maximum Gasteiger partial charge on any atom is 0.321 e. The van der Waals surface area contributed by atoms with Crippen molar-refractivity contribution in [1.29, 1.82) is 0 Å². The third-order valence-corrected chi connectivity index (χ3v) is 7.47. The number of rotatable bonds is 4. The molecule has 0 spiro atoms. The van der Waals surface area contributed by atoms with Crippen LogP contribution in [0.4, 0.5) is 14.9 Å². The molecule has 3 aromatic rings. The number of anilines is 1. The fourth-order valence-electron chi connectivity index (χ4n) is 5.50. The molecule has 7 heteroatoms. The second-order valence-corrected chi connectivity index (χ2v) is 9.78. The highest BCUT2D eigenvalue weighted by atomic mass is 19.1. The number of aliphatic hydroxyl groups is 1. The number of carbonyl (C=O) groups excluding carboxylic acids is 1. The second-order valence-electron chi connectivity index (χ2n) is 9.78. The van der Waals surface area contributed by atoms with E-state index in [2.05, 4.69) is 34.2 Å². The Balaban J connectivity index is 1.30. The van der Waals surface area contributed by atoms with Crippen molar-refractivity contribution < 1.29 is 19.0 Å². The second kappa shape index (κ2) is 11.7. The molecule has 2 saturated heterocycles. The molecule has 2 N–H and O–H groups in total. The van der Waals surface area contributed by atoms with E-state index in [-0.39, 0.29) is 36.5 Å². The van der Waals surface area contributed by atoms with Crippen molar-refractivity contribution in [2.75, 3.05) is 38.7 Å². The van der Waals surface area contributed by atoms with Gasteiger partial charge in [0.1, 0.15) is 11.6 Å². The maximum atomic E-state index is 13.6. The molecule has 2 fully saturated rings. The lowest BCUT2D eigenvalue weighted by Crippen LogP contribution is -2.68. The van der Waals surface area contributed by atoms with Gasteiger partial charge < -0.3 is 20.1 Å². The minimum Gasteiger partial charge on any atom is -0.497 e. The lowest BCUT2D eigenvalue weighted by molar-refractivity contribution is -0.0585. The summed E-state index contributed by atoms with van der Waals surface area (Å²) in [6.07, 6.45) is 1.83. The molecule has 5 rings (SSSR count). The number of ether oxygens (including phenoxy) is 1. The van der Waals surface area contributed by atoms with Crippen molar-refractivity contribution in [3.63, 3.8) is 0 Å². The van der Waals surface area contributed by atoms with Crippen LogP contribution in [0.1, 0.15) is 35.4 Å². The molecule has 2 heterocycles. The van der Waals surface area contributed by atoms with E-state index in [0.717, 1.165) is 41.8 Å². The van der Waals surface area contributed by atoms with Crippen LogP contribution in [0.15, 0.2) is 72.8 Å². The number of amides is 2. The van der Waals surface area contributed by atoms with E-state index in [1.165, 1.54) is 12.1 Å². The van der Waals surface area contributed by atoms with E-state index < -0.39 is 0 Å². The molecule has 3 aromatic carbocycles. The van der Waals surface area contributed by atoms with E-state index >= 15 is 0 Å². The summed E-state index contributed by atoms with van der Waals surface area (Å²) in [5.41, 5.74) is 3.40. The highest BCUT2D eigenvalue weighted by Gasteiger charge is 2.49. The molecule has 2 amide bonds. The number of methoxy groups -OCH3 is 1. The fraction of sp³-hybridized carbons (Fsp3) is 0.323. The summed E-state index contributed by atoms with van der Waals surface area (Å²) in [5, 5.41) is 13.1. The molecule has 0 aliphatic carbocycles. The van der Waals surface area contributed by atoms with Crippen LogP contribution in [0.5, 0.6) is 5.75 Å². The number of nitrogens with one attached hydrogen (secondary N) is 1. The molecule has 196 valence electrons. The quantitative estimate of drug-likeness (QED) is 0.497. The van der Waals surface area contributed by atoms with E-state index in [0.29, 0.717) is 18.8 Å². The number of nitrogens with zero attached hydrogens (tertiary/aromatic N) is 2. The largest absolute Gasteiger partial charge is 0.497 e. The van der Waals surface area contributed by atoms with Crippen LogP contribution in [0.25, 0.3) is 0 Å². The SMILES string of the molecule is COc1ccc(C#Cc2ccc([C@@H]3[C@@H](CO)N4CCCCN(C(=O)Nc5cccc(F)c5)C[C@@H]34)cc2)cc1. The van der Waals surface area contributed by atoms with Gasteiger partial charge in [-0.2, -0.15) is 0 Å². The van der Waals surface area contributed by atoms with E-state index in [1.807, 2.05) is 41.3 Å². The minimum atomic E-state index is -0.386. The Kier molecular flexibility index (Phi) is 7.92. The molecular weight excluding hydrogens is 481 g/mol. The van der Waals surface area contributed by atoms with Gasteiger partial charge in [-0.3, -0.25) is 4.90 Å². The Morgan fingerprint density at radius 3 is 2.37 bits per heavy atom. The number of benzene rings is 3. The van der Waals surface area contributed by atoms with Crippen molar-refractivity contribution >= 4 is 11.7 Å². The molecule has 3 atom stereocenters. The van der Waals surface area contributed by atoms with Gasteiger partial charge in [0.25, 0.3) is 0 Å². The summed E-state index contributed by atoms with van der Waals surface area (Å²) in [6, 6.07) is 21.7. The highest BCUT2D eigenvalue weighted by Crippen LogP contribution is 2.42. The average molecular weight is 514 g/mol. The molecule has 2 aliphatic heterocycles. The van der Waals surface area contributed by atoms with Gasteiger partial charge in [-0.1, -0.05) is 30.0 Å². The first-order valence-electron chi connectivity index (χ1n) is 13.0. The van der Waals surface area contributed by atoms with Gasteiger partial charge in [-0.25, -0.2) is 9.18 Å². The first-order valence-corrected chi connectivity index (χ1v) is 13.0. The molecule has 0 bridgehead atoms. The van der Waals surface area contributed by atoms with Crippen molar-refractivity contribution in [2.45, 2.75) is 30.8 Å². The lowest BCUT2D eigenvalue weighted by atomic mass is 9.74. The van der Waals surface area contributed by atoms with Crippen LogP contribution < -0.4 is 10.1 Å². The number of aliphatic hydroxyl groups excluding tert-OH is 1. The number of hydrogen-bond acceptors (Lipinski definition) is 4. The molecule has 38 heavy (non-hydrogen) atoms. The summed E-state index contributed by atoms with van der Waals surface area (Å²) in [7, 11) is 1.64. The third kappa shape index (κ3) is 5.67. The molecule has 0 unspecified atom stereocenters. The smallest absolute Gasteiger partial charge is 0.321 e. The van der Waals surface area contributed by atoms with Crippen molar-refractivity contribution in [3.8, 4) is 17.6 Å². The normalized spacial score (nSPS) is 21.1. The first kappa shape index (κ1) is 25.8. The van der Waals surface area contributed by atoms with Crippen molar-refractivity contribution in [2.24, 2.45) is 0 Å². The minimum absolute atomic E-state index is 0.0162. The van der Waals surface area contributed by atoms with E-state index in [4.69, 9.17) is 4.74 Å². The van der Waals surface area contributed by atoms with Gasteiger partial charge in [0, 0.05) is 47.9 Å². The van der Waals surface area contributed by atoms with E-state index in [1.54, 1.807) is 19.2 Å². The summed E-state index contributed by atoms with van der Waals surface area (Å²) in [4.78, 5) is 17.2. The van der Waals surface area contributed by atoms with Crippen molar-refractivity contribution in [3.05, 3.63) is 95.3 Å². The molecule has 6 nitrogen and oxygen atoms in total. The Bertz CT molecular complexity index is 1320. The Hall–Kier alpha value is -3.86. The summed E-state index contributed by atoms with van der Waals surface area (Å²) >= 11 is 0. The number of fused-ring (bicyclic) bond motifs is 1. The summed E-state index contributed by atoms with van der Waals surface area (Å²) < 4.78 is 18.8. The predicted octanol–water partition coefficient (Wildman–Crippen LogP) is 4.69. The van der Waals surface area contributed by atoms with Gasteiger partial charge in [0.2, 0.25) is 0 Å². The topological polar surface area (TPSA) is 65.0 Å². The summed E-state index contributed by atoms with van der Waals surface area (Å²) in [5.74, 6) is 6.91. The predicted molar refractivity (Wildman–Crippen MR) is 146 cm³/mol. The number of hydrogen-bond donors (Lipinski definition) is 2. The zero-order chi connectivity index (χ0) is 26.5. The summed E-state index contributed by atoms with van der Waals surface area (Å²) in [6.45, 7) is 2.15. The zero-order valence-electron chi connectivity index (χ0n) is 21.4. The Morgan fingerprint density at radius 1 is 1.03 bits per heavy atom. The first-order chi connectivity index (χ1) is 18.6. The molecular formula is C31H32FN3O3. The standard InChI is InChI=1S/C31H32FN3O3/c1-38-27-15-11-23(12-16-27)8-7-22-9-13-24(14-10-22)30-28-20-34(17-2-3-18-35(28)29(30)21-36)31(37)33-26-6-4-5-25(32)19-26/h4-6,9-16,19,28-30,36H,2-3,17-18,20-21H2,1H3,(H,33,37)/t28-,29+,30-/m0/s1. The monoisotopic (exact) mass is 513 g/mol. The Labute approximate surface area is 223 Å². The zero-order valence-corrected chi connectivity index (χ0v) is 21.4. The van der Waals surface area contributed by atoms with Crippen LogP contribution >= 0.6 is 0 Å². The van der Waals surface area contributed by atoms with Crippen LogP contribution in [0.3, 0.4) is 0 Å². The number of carbonyl (C=O) groups is 1. The highest BCUT2D eigenvalue weighted by molar-refractivity contribution is 5.89. The third-order valence-electron chi connectivity index (χ3n) is 7.47. The molecule has 0 radical (unpaired) electrons. The average Bonchev–Trinajstić information content (AvgIpc) is 2.92. The Morgan fingerprint density at radius 2 is 1.71 bits per heavy atom. The molecule has 2 aliphatic rings. The van der Waals surface area contributed by atoms with Crippen molar-refractivity contribution in [1.82, 2.24) is 9.80 Å². The lowest BCUT2D eigenvalue weighted by Gasteiger charge is -2.57. The maximum absolute atomic E-state index is 13.6. The van der Waals surface area contributed by atoms with Crippen LogP contribution in [0, 0.1) is 17.7 Å². The molecule has 0 aromatic heterocycles. The molecule has 0 saturated carbocycles. The van der Waals surface area contributed by atoms with Crippen LogP contribution in [-0.2, 0) is 0 Å². The van der Waals surface area contributed by atoms with Gasteiger partial charge >= 0.3 is 6.03 Å². The van der Waals surface area contributed by atoms with E-state index in [9.17, 15) is 14.3 Å². The van der Waals surface area contributed by atoms with Gasteiger partial charge in [-0.05, 0) is 79.5 Å². The van der Waals surface area contributed by atoms with Gasteiger partial charge in [0.15, 0.2) is 0 Å². The fourth-order valence-corrected chi connectivity index (χ4v) is 5.50.